The van der Waals surface area contributed by atoms with Crippen LogP contribution in [-0.4, -0.2) is 0 Å². The first kappa shape index (κ1) is 19.6. The van der Waals surface area contributed by atoms with Gasteiger partial charge in [0.2, 0.25) is 0 Å². The van der Waals surface area contributed by atoms with Gasteiger partial charge in [-0.25, -0.2) is 0 Å². The van der Waals surface area contributed by atoms with Gasteiger partial charge in [-0.15, -0.1) is 0 Å². The fourth-order valence-corrected chi connectivity index (χ4v) is 5.67. The lowest BCUT2D eigenvalue weighted by molar-refractivity contribution is 0.632. The zero-order valence-corrected chi connectivity index (χ0v) is 18.5. The molecule has 2 aromatic rings. The number of hydrogen-bond donors (Lipinski definition) is 0. The Kier molecular flexibility index (Phi) is 5.27. The fourth-order valence-electron chi connectivity index (χ4n) is 5.67. The molecule has 154 valence electrons. The van der Waals surface area contributed by atoms with Gasteiger partial charge in [0.05, 0.1) is 0 Å². The van der Waals surface area contributed by atoms with Crippen molar-refractivity contribution in [3.05, 3.63) is 95.1 Å². The van der Waals surface area contributed by atoms with E-state index in [0.29, 0.717) is 17.8 Å². The lowest BCUT2D eigenvalue weighted by atomic mass is 9.86. The van der Waals surface area contributed by atoms with Crippen molar-refractivity contribution in [2.24, 2.45) is 11.8 Å². The van der Waals surface area contributed by atoms with Gasteiger partial charge < -0.3 is 0 Å². The summed E-state index contributed by atoms with van der Waals surface area (Å²) in [6, 6.07) is 16.4. The minimum Gasteiger partial charge on any atom is -0.0950 e. The highest BCUT2D eigenvalue weighted by Gasteiger charge is 2.30. The fraction of sp³-hybridized carbons (Fsp3) is 0.400. The third-order valence-corrected chi connectivity index (χ3v) is 7.57. The third kappa shape index (κ3) is 3.73. The Morgan fingerprint density at radius 1 is 0.967 bits per heavy atom. The van der Waals surface area contributed by atoms with Crippen molar-refractivity contribution < 1.29 is 0 Å². The molecule has 2 saturated carbocycles. The topological polar surface area (TPSA) is 0 Å². The van der Waals surface area contributed by atoms with Crippen LogP contribution in [0.4, 0.5) is 0 Å². The molecule has 0 aliphatic heterocycles. The molecule has 30 heavy (non-hydrogen) atoms. The minimum atomic E-state index is 0.562. The maximum Gasteiger partial charge on any atom is -0.00695 e. The van der Waals surface area contributed by atoms with E-state index < -0.39 is 0 Å². The number of rotatable bonds is 6. The van der Waals surface area contributed by atoms with E-state index in [1.165, 1.54) is 54.4 Å². The molecule has 2 aromatic carbocycles. The zero-order valence-electron chi connectivity index (χ0n) is 18.5. The summed E-state index contributed by atoms with van der Waals surface area (Å²) in [5.41, 5.74) is 10.3. The van der Waals surface area contributed by atoms with Gasteiger partial charge >= 0.3 is 0 Å². The summed E-state index contributed by atoms with van der Waals surface area (Å²) in [6.45, 7) is 9.06. The van der Waals surface area contributed by atoms with Gasteiger partial charge in [-0.1, -0.05) is 81.1 Å². The summed E-state index contributed by atoms with van der Waals surface area (Å²) in [6.07, 6.45) is 14.6. The molecule has 0 bridgehead atoms. The van der Waals surface area contributed by atoms with Crippen LogP contribution in [-0.2, 0) is 6.42 Å². The van der Waals surface area contributed by atoms with Crippen LogP contribution in [0.3, 0.4) is 0 Å². The predicted molar refractivity (Wildman–Crippen MR) is 129 cm³/mol. The van der Waals surface area contributed by atoms with Crippen LogP contribution in [0.25, 0.3) is 11.1 Å². The Morgan fingerprint density at radius 2 is 1.77 bits per heavy atom. The molecule has 3 unspecified atom stereocenters. The van der Waals surface area contributed by atoms with Gasteiger partial charge in [0.15, 0.2) is 0 Å². The molecule has 0 nitrogen and oxygen atoms in total. The highest BCUT2D eigenvalue weighted by Crippen LogP contribution is 2.47. The van der Waals surface area contributed by atoms with E-state index in [9.17, 15) is 0 Å². The number of allylic oxidation sites excluding steroid dienone is 5. The molecule has 3 atom stereocenters. The molecular weight excluding hydrogens is 360 g/mol. The van der Waals surface area contributed by atoms with Crippen LogP contribution < -0.4 is 0 Å². The van der Waals surface area contributed by atoms with E-state index in [1.54, 1.807) is 16.7 Å². The van der Waals surface area contributed by atoms with Crippen LogP contribution >= 0.6 is 0 Å². The number of benzene rings is 2. The highest BCUT2D eigenvalue weighted by atomic mass is 14.3. The van der Waals surface area contributed by atoms with Crippen molar-refractivity contribution >= 4 is 0 Å². The second kappa shape index (κ2) is 8.06. The Labute approximate surface area is 182 Å². The first-order valence-corrected chi connectivity index (χ1v) is 11.9. The quantitative estimate of drug-likeness (QED) is 0.461. The van der Waals surface area contributed by atoms with Gasteiger partial charge in [-0.3, -0.25) is 0 Å². The lowest BCUT2D eigenvalue weighted by Crippen LogP contribution is -2.03. The van der Waals surface area contributed by atoms with E-state index >= 15 is 0 Å². The normalized spacial score (nSPS) is 25.5. The van der Waals surface area contributed by atoms with Gasteiger partial charge in [0.1, 0.15) is 0 Å². The Morgan fingerprint density at radius 3 is 2.50 bits per heavy atom. The van der Waals surface area contributed by atoms with Crippen LogP contribution in [0.5, 0.6) is 0 Å². The third-order valence-electron chi connectivity index (χ3n) is 7.57. The second-order valence-corrected chi connectivity index (χ2v) is 9.70. The average Bonchev–Trinajstić information content (AvgIpc) is 3.35. The molecule has 0 radical (unpaired) electrons. The monoisotopic (exact) mass is 394 g/mol. The largest absolute Gasteiger partial charge is 0.0950 e. The predicted octanol–water partition coefficient (Wildman–Crippen LogP) is 8.37. The molecule has 0 heteroatoms. The van der Waals surface area contributed by atoms with E-state index in [2.05, 4.69) is 81.1 Å². The van der Waals surface area contributed by atoms with Crippen molar-refractivity contribution in [1.29, 1.82) is 0 Å². The van der Waals surface area contributed by atoms with Crippen LogP contribution in [0.1, 0.15) is 74.5 Å². The van der Waals surface area contributed by atoms with E-state index in [4.69, 9.17) is 0 Å². The summed E-state index contributed by atoms with van der Waals surface area (Å²) >= 11 is 0. The van der Waals surface area contributed by atoms with E-state index in [-0.39, 0.29) is 0 Å². The average molecular weight is 395 g/mol. The molecule has 2 fully saturated rings. The summed E-state index contributed by atoms with van der Waals surface area (Å²) in [4.78, 5) is 0. The first-order valence-electron chi connectivity index (χ1n) is 11.9. The molecule has 5 rings (SSSR count). The summed E-state index contributed by atoms with van der Waals surface area (Å²) < 4.78 is 0. The van der Waals surface area contributed by atoms with Gasteiger partial charge in [-0.05, 0) is 101 Å². The molecule has 0 saturated heterocycles. The molecule has 0 amide bonds. The van der Waals surface area contributed by atoms with E-state index in [1.807, 2.05) is 0 Å². The standard InChI is InChI=1S/C30H34/c1-4-22-18-27(30-8-6-5-7-29(30)23-11-12-23)15-16-28(22)26-14-13-25(19-26)21(3)24-10-9-20(2)17-24/h5-10,15-18,20,23,25-26H,3-4,11-14,19H2,1-2H3. The SMILES string of the molecule is C=C(C1=CC(C)C=C1)C1CCC(c2ccc(-c3ccccc3C3CC3)cc2CC)C1. The first-order chi connectivity index (χ1) is 14.6. The zero-order chi connectivity index (χ0) is 20.7. The Bertz CT molecular complexity index is 1010. The van der Waals surface area contributed by atoms with Crippen molar-refractivity contribution in [3.8, 4) is 11.1 Å². The minimum absolute atomic E-state index is 0.562. The summed E-state index contributed by atoms with van der Waals surface area (Å²) in [7, 11) is 0. The van der Waals surface area contributed by atoms with Gasteiger partial charge in [0, 0.05) is 0 Å². The maximum absolute atomic E-state index is 4.49. The van der Waals surface area contributed by atoms with Crippen LogP contribution in [0.2, 0.25) is 0 Å². The second-order valence-electron chi connectivity index (χ2n) is 9.70. The Hall–Kier alpha value is -2.34. The molecule has 0 N–H and O–H groups in total. The van der Waals surface area contributed by atoms with Crippen LogP contribution in [0.15, 0.2) is 78.4 Å². The van der Waals surface area contributed by atoms with Gasteiger partial charge in [0.25, 0.3) is 0 Å². The number of aryl methyl sites for hydroxylation is 1. The van der Waals surface area contributed by atoms with Gasteiger partial charge in [-0.2, -0.15) is 0 Å². The molecule has 0 heterocycles. The smallest absolute Gasteiger partial charge is 0.00695 e. The molecule has 0 aromatic heterocycles. The van der Waals surface area contributed by atoms with Crippen molar-refractivity contribution in [2.75, 3.05) is 0 Å². The lowest BCUT2D eigenvalue weighted by Gasteiger charge is -2.19. The van der Waals surface area contributed by atoms with Crippen LogP contribution in [0, 0.1) is 11.8 Å². The molecular formula is C30H34. The summed E-state index contributed by atoms with van der Waals surface area (Å²) in [5, 5.41) is 0. The Balaban J connectivity index is 1.38. The van der Waals surface area contributed by atoms with Crippen molar-refractivity contribution in [1.82, 2.24) is 0 Å². The summed E-state index contributed by atoms with van der Waals surface area (Å²) in [5.74, 6) is 2.66. The van der Waals surface area contributed by atoms with E-state index in [0.717, 1.165) is 12.3 Å². The number of hydrogen-bond acceptors (Lipinski definition) is 0. The van der Waals surface area contributed by atoms with Crippen molar-refractivity contribution in [2.45, 2.75) is 64.2 Å². The molecule has 0 spiro atoms. The van der Waals surface area contributed by atoms with Crippen molar-refractivity contribution in [3.63, 3.8) is 0 Å². The molecule has 3 aliphatic carbocycles. The maximum atomic E-state index is 4.49. The highest BCUT2D eigenvalue weighted by molar-refractivity contribution is 5.70. The molecule has 3 aliphatic rings.